The second-order valence-electron chi connectivity index (χ2n) is 3.45. The first-order valence-electron chi connectivity index (χ1n) is 5.17. The standard InChI is InChI=1S/C12H11N3O3/c1-18-11-9(7-13-12(16)14-11)10(15-17)8-5-3-2-4-6-8/h2-7,17H,1H3,(H,13,14,16)/b15-10-. The molecule has 2 aromatic rings. The fourth-order valence-corrected chi connectivity index (χ4v) is 1.57. The number of H-pyrrole nitrogens is 1. The van der Waals surface area contributed by atoms with Crippen LogP contribution in [0.25, 0.3) is 0 Å². The van der Waals surface area contributed by atoms with Crippen molar-refractivity contribution in [3.8, 4) is 5.88 Å². The molecule has 2 rings (SSSR count). The highest BCUT2D eigenvalue weighted by molar-refractivity contribution is 6.13. The van der Waals surface area contributed by atoms with Gasteiger partial charge in [0.15, 0.2) is 0 Å². The van der Waals surface area contributed by atoms with Gasteiger partial charge in [-0.2, -0.15) is 0 Å². The van der Waals surface area contributed by atoms with Gasteiger partial charge in [-0.1, -0.05) is 35.5 Å². The third kappa shape index (κ3) is 2.22. The summed E-state index contributed by atoms with van der Waals surface area (Å²) >= 11 is 0. The van der Waals surface area contributed by atoms with E-state index in [0.717, 1.165) is 0 Å². The molecule has 1 aromatic carbocycles. The Morgan fingerprint density at radius 1 is 1.39 bits per heavy atom. The van der Waals surface area contributed by atoms with E-state index in [1.165, 1.54) is 13.3 Å². The fraction of sp³-hybridized carbons (Fsp3) is 0.0833. The summed E-state index contributed by atoms with van der Waals surface area (Å²) in [6.45, 7) is 0. The van der Waals surface area contributed by atoms with Crippen molar-refractivity contribution in [1.29, 1.82) is 0 Å². The molecule has 0 atom stereocenters. The Morgan fingerprint density at radius 2 is 2.11 bits per heavy atom. The van der Waals surface area contributed by atoms with Crippen molar-refractivity contribution in [2.75, 3.05) is 7.11 Å². The van der Waals surface area contributed by atoms with E-state index in [9.17, 15) is 4.79 Å². The van der Waals surface area contributed by atoms with Crippen molar-refractivity contribution in [3.63, 3.8) is 0 Å². The zero-order valence-electron chi connectivity index (χ0n) is 9.62. The van der Waals surface area contributed by atoms with E-state index in [-0.39, 0.29) is 11.6 Å². The lowest BCUT2D eigenvalue weighted by Gasteiger charge is -2.08. The number of ether oxygens (including phenoxy) is 1. The first-order valence-corrected chi connectivity index (χ1v) is 5.17. The number of methoxy groups -OCH3 is 1. The molecule has 0 unspecified atom stereocenters. The van der Waals surface area contributed by atoms with Crippen LogP contribution in [0.4, 0.5) is 0 Å². The summed E-state index contributed by atoms with van der Waals surface area (Å²) in [6, 6.07) is 9.03. The van der Waals surface area contributed by atoms with Crippen LogP contribution in [0.2, 0.25) is 0 Å². The molecule has 6 heteroatoms. The maximum atomic E-state index is 11.1. The molecule has 18 heavy (non-hydrogen) atoms. The Kier molecular flexibility index (Phi) is 3.38. The molecule has 2 N–H and O–H groups in total. The molecular formula is C12H11N3O3. The van der Waals surface area contributed by atoms with E-state index in [1.54, 1.807) is 12.1 Å². The van der Waals surface area contributed by atoms with E-state index in [4.69, 9.17) is 9.94 Å². The minimum absolute atomic E-state index is 0.201. The molecule has 0 bridgehead atoms. The lowest BCUT2D eigenvalue weighted by molar-refractivity contribution is 0.319. The third-order valence-electron chi connectivity index (χ3n) is 2.38. The van der Waals surface area contributed by atoms with Gasteiger partial charge in [0, 0.05) is 11.8 Å². The summed E-state index contributed by atoms with van der Waals surface area (Å²) < 4.78 is 5.04. The normalized spacial score (nSPS) is 11.3. The van der Waals surface area contributed by atoms with Gasteiger partial charge >= 0.3 is 5.69 Å². The van der Waals surface area contributed by atoms with Gasteiger partial charge < -0.3 is 9.94 Å². The highest BCUT2D eigenvalue weighted by Crippen LogP contribution is 2.17. The summed E-state index contributed by atoms with van der Waals surface area (Å²) in [6.07, 6.45) is 1.31. The summed E-state index contributed by atoms with van der Waals surface area (Å²) in [7, 11) is 1.41. The van der Waals surface area contributed by atoms with Crippen molar-refractivity contribution in [3.05, 3.63) is 58.1 Å². The molecule has 0 fully saturated rings. The van der Waals surface area contributed by atoms with Gasteiger partial charge in [-0.15, -0.1) is 0 Å². The molecule has 0 saturated heterocycles. The maximum absolute atomic E-state index is 11.1. The van der Waals surface area contributed by atoms with E-state index in [1.807, 2.05) is 18.2 Å². The zero-order chi connectivity index (χ0) is 13.0. The Morgan fingerprint density at radius 3 is 2.72 bits per heavy atom. The number of aromatic nitrogens is 2. The minimum Gasteiger partial charge on any atom is -0.482 e. The lowest BCUT2D eigenvalue weighted by Crippen LogP contribution is -2.16. The average molecular weight is 245 g/mol. The SMILES string of the molecule is COc1[nH]c(=O)ncc1/C(=N\O)c1ccccc1. The maximum Gasteiger partial charge on any atom is 0.347 e. The van der Waals surface area contributed by atoms with Crippen molar-refractivity contribution in [2.45, 2.75) is 0 Å². The van der Waals surface area contributed by atoms with Gasteiger partial charge in [-0.05, 0) is 0 Å². The quantitative estimate of drug-likeness (QED) is 0.480. The van der Waals surface area contributed by atoms with Crippen molar-refractivity contribution in [2.24, 2.45) is 5.16 Å². The minimum atomic E-state index is -0.527. The highest BCUT2D eigenvalue weighted by atomic mass is 16.5. The second-order valence-corrected chi connectivity index (χ2v) is 3.45. The van der Waals surface area contributed by atoms with Crippen LogP contribution >= 0.6 is 0 Å². The van der Waals surface area contributed by atoms with Crippen LogP contribution in [-0.2, 0) is 0 Å². The zero-order valence-corrected chi connectivity index (χ0v) is 9.62. The van der Waals surface area contributed by atoms with Crippen LogP contribution in [0.15, 0.2) is 46.5 Å². The van der Waals surface area contributed by atoms with Gasteiger partial charge in [0.1, 0.15) is 5.71 Å². The molecule has 1 heterocycles. The van der Waals surface area contributed by atoms with Gasteiger partial charge in [0.05, 0.1) is 12.7 Å². The number of nitrogens with one attached hydrogen (secondary N) is 1. The van der Waals surface area contributed by atoms with Crippen LogP contribution < -0.4 is 10.4 Å². The molecule has 0 aliphatic heterocycles. The lowest BCUT2D eigenvalue weighted by atomic mass is 10.1. The number of hydrogen-bond donors (Lipinski definition) is 2. The summed E-state index contributed by atoms with van der Waals surface area (Å²) in [5.41, 5.74) is 0.843. The Labute approximate surface area is 103 Å². The highest BCUT2D eigenvalue weighted by Gasteiger charge is 2.14. The second kappa shape index (κ2) is 5.13. The molecule has 1 aromatic heterocycles. The van der Waals surface area contributed by atoms with Crippen LogP contribution in [0.5, 0.6) is 5.88 Å². The van der Waals surface area contributed by atoms with E-state index >= 15 is 0 Å². The summed E-state index contributed by atoms with van der Waals surface area (Å²) in [5, 5.41) is 12.4. The smallest absolute Gasteiger partial charge is 0.347 e. The average Bonchev–Trinajstić information content (AvgIpc) is 2.42. The number of hydrogen-bond acceptors (Lipinski definition) is 5. The van der Waals surface area contributed by atoms with Crippen molar-refractivity contribution >= 4 is 5.71 Å². The molecule has 0 aliphatic rings. The first-order chi connectivity index (χ1) is 8.76. The van der Waals surface area contributed by atoms with Crippen molar-refractivity contribution < 1.29 is 9.94 Å². The van der Waals surface area contributed by atoms with Crippen LogP contribution in [0, 0.1) is 0 Å². The molecular weight excluding hydrogens is 234 g/mol. The summed E-state index contributed by atoms with van der Waals surface area (Å²) in [5.74, 6) is 0.201. The molecule has 0 amide bonds. The molecule has 0 saturated carbocycles. The van der Waals surface area contributed by atoms with Crippen LogP contribution in [-0.4, -0.2) is 28.0 Å². The Bertz CT molecular complexity index is 620. The van der Waals surface area contributed by atoms with Crippen LogP contribution in [0.3, 0.4) is 0 Å². The number of oxime groups is 1. The molecule has 0 radical (unpaired) electrons. The fourth-order valence-electron chi connectivity index (χ4n) is 1.57. The molecule has 92 valence electrons. The largest absolute Gasteiger partial charge is 0.482 e. The summed E-state index contributed by atoms with van der Waals surface area (Å²) in [4.78, 5) is 17.1. The molecule has 0 spiro atoms. The number of nitrogens with zero attached hydrogens (tertiary/aromatic N) is 2. The first kappa shape index (κ1) is 11.8. The predicted molar refractivity (Wildman–Crippen MR) is 65.3 cm³/mol. The molecule has 0 aliphatic carbocycles. The number of benzene rings is 1. The van der Waals surface area contributed by atoms with Gasteiger partial charge in [-0.25, -0.2) is 9.78 Å². The predicted octanol–water partition coefficient (Wildman–Crippen LogP) is 1.01. The monoisotopic (exact) mass is 245 g/mol. The van der Waals surface area contributed by atoms with E-state index < -0.39 is 5.69 Å². The third-order valence-corrected chi connectivity index (χ3v) is 2.38. The van der Waals surface area contributed by atoms with Crippen molar-refractivity contribution in [1.82, 2.24) is 9.97 Å². The number of aromatic amines is 1. The Balaban J connectivity index is 2.56. The number of rotatable bonds is 3. The van der Waals surface area contributed by atoms with Crippen LogP contribution in [0.1, 0.15) is 11.1 Å². The van der Waals surface area contributed by atoms with Gasteiger partial charge in [-0.3, -0.25) is 4.98 Å². The van der Waals surface area contributed by atoms with Gasteiger partial charge in [0.2, 0.25) is 5.88 Å². The molecule has 6 nitrogen and oxygen atoms in total. The van der Waals surface area contributed by atoms with E-state index in [0.29, 0.717) is 11.1 Å². The van der Waals surface area contributed by atoms with E-state index in [2.05, 4.69) is 15.1 Å². The topological polar surface area (TPSA) is 87.6 Å². The van der Waals surface area contributed by atoms with Gasteiger partial charge in [0.25, 0.3) is 0 Å². The Hall–Kier alpha value is -2.63.